The standard InChI is InChI=1S/C9H12S/c1-3-10-9-6-4-8(2)5-7-9/h4-7H,3H2,1-2H3. The molecule has 0 fully saturated rings. The van der Waals surface area contributed by atoms with Crippen LogP contribution in [-0.2, 0) is 0 Å². The van der Waals surface area contributed by atoms with Crippen LogP contribution >= 0.6 is 11.8 Å². The Morgan fingerprint density at radius 1 is 1.20 bits per heavy atom. The van der Waals surface area contributed by atoms with Gasteiger partial charge in [0.15, 0.2) is 0 Å². The molecule has 0 N–H and O–H groups in total. The van der Waals surface area contributed by atoms with Crippen LogP contribution in [0.15, 0.2) is 29.2 Å². The highest BCUT2D eigenvalue weighted by Gasteiger charge is 1.88. The Labute approximate surface area is 66.6 Å². The molecule has 0 aliphatic heterocycles. The normalized spacial score (nSPS) is 9.80. The molecule has 0 nitrogen and oxygen atoms in total. The third-order valence-corrected chi connectivity index (χ3v) is 2.23. The number of benzene rings is 1. The summed E-state index contributed by atoms with van der Waals surface area (Å²) in [5.74, 6) is 1.16. The van der Waals surface area contributed by atoms with Crippen molar-refractivity contribution in [3.63, 3.8) is 0 Å². The molecule has 0 bridgehead atoms. The van der Waals surface area contributed by atoms with E-state index in [4.69, 9.17) is 0 Å². The van der Waals surface area contributed by atoms with Gasteiger partial charge in [-0.1, -0.05) is 24.6 Å². The van der Waals surface area contributed by atoms with Gasteiger partial charge in [-0.05, 0) is 24.8 Å². The maximum atomic E-state index is 2.17. The van der Waals surface area contributed by atoms with Crippen LogP contribution in [-0.4, -0.2) is 5.75 Å². The Bertz CT molecular complexity index is 188. The van der Waals surface area contributed by atoms with Crippen molar-refractivity contribution in [1.29, 1.82) is 0 Å². The maximum Gasteiger partial charge on any atom is 0.00720 e. The van der Waals surface area contributed by atoms with E-state index in [1.54, 1.807) is 0 Å². The SMILES string of the molecule is CCSc1ccc(C)cc1. The average molecular weight is 152 g/mol. The first-order valence-corrected chi connectivity index (χ1v) is 4.51. The lowest BCUT2D eigenvalue weighted by molar-refractivity contribution is 1.37. The molecule has 1 heteroatoms. The molecule has 0 heterocycles. The van der Waals surface area contributed by atoms with E-state index < -0.39 is 0 Å². The van der Waals surface area contributed by atoms with E-state index in [1.165, 1.54) is 10.5 Å². The van der Waals surface area contributed by atoms with Crippen LogP contribution in [0.4, 0.5) is 0 Å². The fourth-order valence-electron chi connectivity index (χ4n) is 0.801. The molecule has 0 aliphatic rings. The van der Waals surface area contributed by atoms with Crippen molar-refractivity contribution >= 4 is 11.8 Å². The Hall–Kier alpha value is -0.430. The van der Waals surface area contributed by atoms with Crippen LogP contribution in [0.5, 0.6) is 0 Å². The van der Waals surface area contributed by atoms with Crippen molar-refractivity contribution in [2.75, 3.05) is 5.75 Å². The van der Waals surface area contributed by atoms with E-state index in [0.717, 1.165) is 5.75 Å². The third-order valence-electron chi connectivity index (χ3n) is 1.33. The molecule has 0 saturated heterocycles. The second-order valence-electron chi connectivity index (χ2n) is 2.25. The van der Waals surface area contributed by atoms with Crippen LogP contribution in [0.3, 0.4) is 0 Å². The topological polar surface area (TPSA) is 0 Å². The molecule has 0 aliphatic carbocycles. The number of aryl methyl sites for hydroxylation is 1. The van der Waals surface area contributed by atoms with E-state index in [2.05, 4.69) is 38.1 Å². The van der Waals surface area contributed by atoms with Gasteiger partial charge in [-0.2, -0.15) is 0 Å². The Kier molecular flexibility index (Phi) is 2.82. The number of hydrogen-bond acceptors (Lipinski definition) is 1. The lowest BCUT2D eigenvalue weighted by Crippen LogP contribution is -1.73. The summed E-state index contributed by atoms with van der Waals surface area (Å²) in [5, 5.41) is 0. The second-order valence-corrected chi connectivity index (χ2v) is 3.58. The largest absolute Gasteiger partial charge is 0.126 e. The summed E-state index contributed by atoms with van der Waals surface area (Å²) in [4.78, 5) is 1.37. The molecule has 0 radical (unpaired) electrons. The first-order valence-electron chi connectivity index (χ1n) is 3.52. The quantitative estimate of drug-likeness (QED) is 0.587. The molecule has 0 aromatic heterocycles. The van der Waals surface area contributed by atoms with Crippen LogP contribution in [0.2, 0.25) is 0 Å². The maximum absolute atomic E-state index is 2.17. The first kappa shape index (κ1) is 7.67. The number of thioether (sulfide) groups is 1. The minimum atomic E-state index is 1.16. The first-order chi connectivity index (χ1) is 4.83. The minimum Gasteiger partial charge on any atom is -0.126 e. The molecule has 0 atom stereocenters. The zero-order valence-electron chi connectivity index (χ0n) is 6.42. The van der Waals surface area contributed by atoms with Gasteiger partial charge >= 0.3 is 0 Å². The van der Waals surface area contributed by atoms with Gasteiger partial charge in [0.1, 0.15) is 0 Å². The zero-order chi connectivity index (χ0) is 7.40. The predicted octanol–water partition coefficient (Wildman–Crippen LogP) is 3.11. The average Bonchev–Trinajstić information content (AvgIpc) is 1.95. The highest BCUT2D eigenvalue weighted by molar-refractivity contribution is 7.99. The zero-order valence-corrected chi connectivity index (χ0v) is 7.24. The summed E-state index contributed by atoms with van der Waals surface area (Å²) in [6, 6.07) is 8.64. The summed E-state index contributed by atoms with van der Waals surface area (Å²) >= 11 is 1.88. The van der Waals surface area contributed by atoms with Crippen molar-refractivity contribution in [3.8, 4) is 0 Å². The smallest absolute Gasteiger partial charge is 0.00720 e. The monoisotopic (exact) mass is 152 g/mol. The Balaban J connectivity index is 2.69. The summed E-state index contributed by atoms with van der Waals surface area (Å²) in [7, 11) is 0. The molecule has 0 saturated carbocycles. The van der Waals surface area contributed by atoms with Gasteiger partial charge in [-0.15, -0.1) is 11.8 Å². The Morgan fingerprint density at radius 3 is 2.30 bits per heavy atom. The fourth-order valence-corrected chi connectivity index (χ4v) is 1.46. The molecular weight excluding hydrogens is 140 g/mol. The van der Waals surface area contributed by atoms with Crippen molar-refractivity contribution in [3.05, 3.63) is 29.8 Å². The molecule has 54 valence electrons. The molecule has 0 unspecified atom stereocenters. The van der Waals surface area contributed by atoms with Gasteiger partial charge in [0.05, 0.1) is 0 Å². The lowest BCUT2D eigenvalue weighted by Gasteiger charge is -1.96. The molecular formula is C9H12S. The van der Waals surface area contributed by atoms with E-state index in [1.807, 2.05) is 11.8 Å². The van der Waals surface area contributed by atoms with E-state index in [9.17, 15) is 0 Å². The summed E-state index contributed by atoms with van der Waals surface area (Å²) in [6.45, 7) is 4.28. The van der Waals surface area contributed by atoms with Crippen molar-refractivity contribution in [1.82, 2.24) is 0 Å². The summed E-state index contributed by atoms with van der Waals surface area (Å²) in [6.07, 6.45) is 0. The van der Waals surface area contributed by atoms with Gasteiger partial charge in [0.2, 0.25) is 0 Å². The number of rotatable bonds is 2. The molecule has 0 amide bonds. The van der Waals surface area contributed by atoms with Crippen LogP contribution < -0.4 is 0 Å². The van der Waals surface area contributed by atoms with Crippen molar-refractivity contribution in [2.45, 2.75) is 18.7 Å². The highest BCUT2D eigenvalue weighted by atomic mass is 32.2. The minimum absolute atomic E-state index is 1.16. The van der Waals surface area contributed by atoms with E-state index in [0.29, 0.717) is 0 Å². The fraction of sp³-hybridized carbons (Fsp3) is 0.333. The second kappa shape index (κ2) is 3.67. The lowest BCUT2D eigenvalue weighted by atomic mass is 10.2. The summed E-state index contributed by atoms with van der Waals surface area (Å²) in [5.41, 5.74) is 1.33. The van der Waals surface area contributed by atoms with Gasteiger partial charge in [-0.25, -0.2) is 0 Å². The molecule has 0 spiro atoms. The van der Waals surface area contributed by atoms with Crippen molar-refractivity contribution in [2.24, 2.45) is 0 Å². The van der Waals surface area contributed by atoms with Crippen LogP contribution in [0, 0.1) is 6.92 Å². The van der Waals surface area contributed by atoms with Crippen LogP contribution in [0.25, 0.3) is 0 Å². The van der Waals surface area contributed by atoms with Gasteiger partial charge in [-0.3, -0.25) is 0 Å². The van der Waals surface area contributed by atoms with E-state index >= 15 is 0 Å². The summed E-state index contributed by atoms with van der Waals surface area (Å²) < 4.78 is 0. The van der Waals surface area contributed by atoms with Crippen molar-refractivity contribution < 1.29 is 0 Å². The third kappa shape index (κ3) is 2.07. The Morgan fingerprint density at radius 2 is 1.80 bits per heavy atom. The number of hydrogen-bond donors (Lipinski definition) is 0. The molecule has 1 aromatic rings. The highest BCUT2D eigenvalue weighted by Crippen LogP contribution is 2.16. The van der Waals surface area contributed by atoms with Gasteiger partial charge in [0.25, 0.3) is 0 Å². The molecule has 1 rings (SSSR count). The van der Waals surface area contributed by atoms with Crippen LogP contribution in [0.1, 0.15) is 12.5 Å². The molecule has 10 heavy (non-hydrogen) atoms. The molecule has 1 aromatic carbocycles. The van der Waals surface area contributed by atoms with E-state index in [-0.39, 0.29) is 0 Å². The van der Waals surface area contributed by atoms with Gasteiger partial charge < -0.3 is 0 Å². The predicted molar refractivity (Wildman–Crippen MR) is 47.6 cm³/mol. The van der Waals surface area contributed by atoms with Gasteiger partial charge in [0, 0.05) is 4.90 Å².